The molecule has 10 atom stereocenters. The average Bonchev–Trinajstić information content (AvgIpc) is 3.97. The largest absolute Gasteiger partial charge is 0.463 e. The van der Waals surface area contributed by atoms with Gasteiger partial charge in [-0.15, -0.1) is 0 Å². The summed E-state index contributed by atoms with van der Waals surface area (Å²) in [6.07, 6.45) is 10.2. The van der Waals surface area contributed by atoms with Crippen LogP contribution in [0.4, 0.5) is 8.78 Å². The second-order valence-electron chi connectivity index (χ2n) is 25.7. The van der Waals surface area contributed by atoms with E-state index in [4.69, 9.17) is 23.7 Å². The van der Waals surface area contributed by atoms with Gasteiger partial charge in [0.1, 0.15) is 11.2 Å². The minimum atomic E-state index is -5.44. The van der Waals surface area contributed by atoms with Crippen LogP contribution in [-0.4, -0.2) is 91.9 Å². The van der Waals surface area contributed by atoms with Crippen molar-refractivity contribution >= 4 is 40.0 Å². The molecule has 0 radical (unpaired) electrons. The minimum Gasteiger partial charge on any atom is -0.463 e. The van der Waals surface area contributed by atoms with Crippen LogP contribution < -0.4 is 0 Å². The zero-order valence-corrected chi connectivity index (χ0v) is 42.5. The van der Waals surface area contributed by atoms with Crippen LogP contribution in [0.1, 0.15) is 164 Å². The zero-order chi connectivity index (χ0) is 49.9. The third kappa shape index (κ3) is 9.50. The molecule has 10 aliphatic carbocycles. The zero-order valence-electron chi connectivity index (χ0n) is 41.7. The molecule has 388 valence electrons. The van der Waals surface area contributed by atoms with Crippen molar-refractivity contribution in [2.24, 2.45) is 81.3 Å². The summed E-state index contributed by atoms with van der Waals surface area (Å²) in [4.78, 5) is 72.7. The Morgan fingerprint density at radius 2 is 1.41 bits per heavy atom. The molecule has 69 heavy (non-hydrogen) atoms. The first-order valence-electron chi connectivity index (χ1n) is 26.0. The number of cyclic esters (lactones) is 1. The molecule has 14 nitrogen and oxygen atoms in total. The number of hydrogen-bond donors (Lipinski definition) is 1. The van der Waals surface area contributed by atoms with Crippen LogP contribution in [0.15, 0.2) is 0 Å². The molecule has 10 unspecified atom stereocenters. The lowest BCUT2D eigenvalue weighted by atomic mass is 9.50. The van der Waals surface area contributed by atoms with Crippen molar-refractivity contribution in [1.82, 2.24) is 0 Å². The molecule has 0 aromatic rings. The third-order valence-corrected chi connectivity index (χ3v) is 21.1. The molecular weight excluding hydrogens is 919 g/mol. The summed E-state index contributed by atoms with van der Waals surface area (Å²) in [7, 11) is -4.87. The smallest absolute Gasteiger partial charge is 0.403 e. The molecule has 0 spiro atoms. The van der Waals surface area contributed by atoms with Crippen molar-refractivity contribution in [2.75, 3.05) is 20.3 Å². The Balaban J connectivity index is 1.07. The van der Waals surface area contributed by atoms with E-state index in [1.54, 1.807) is 6.92 Å². The highest BCUT2D eigenvalue weighted by molar-refractivity contribution is 7.87. The number of ether oxygens (including phenoxy) is 5. The molecule has 11 aliphatic rings. The van der Waals surface area contributed by atoms with Crippen molar-refractivity contribution in [3.63, 3.8) is 0 Å². The third-order valence-electron chi connectivity index (χ3n) is 19.8. The summed E-state index contributed by atoms with van der Waals surface area (Å²) in [5.41, 5.74) is -7.54. The van der Waals surface area contributed by atoms with E-state index >= 15 is 14.4 Å². The number of aliphatic hydroxyl groups is 1. The maximum absolute atomic E-state index is 15.6. The standard InChI is InChI=1S/C52H76F2O14S/c1-29-34-8-9-35(18-34)39(29)25-48(5,45(59)68-49(6)37-14-30-12-31(16-37)17-38(49)15-30)26-47(4,44(58)66-40-10-11-64-42(40)56)24-36(23-46(2,3)43(57)65-28-52(53,54)69(61,62)63-7)41(55)67-51-21-32-13-33(22-51)20-50(60,19-32)27-51/h29-40,60H,8-28H2,1-7H3. The highest BCUT2D eigenvalue weighted by Crippen LogP contribution is 2.63. The van der Waals surface area contributed by atoms with Crippen molar-refractivity contribution in [2.45, 2.75) is 192 Å². The fourth-order valence-electron chi connectivity index (χ4n) is 16.9. The van der Waals surface area contributed by atoms with Crippen molar-refractivity contribution in [1.29, 1.82) is 0 Å². The number of esters is 5. The molecule has 10 bridgehead atoms. The van der Waals surface area contributed by atoms with E-state index in [-0.39, 0.29) is 61.9 Å². The van der Waals surface area contributed by atoms with Crippen LogP contribution in [0.5, 0.6) is 0 Å². The van der Waals surface area contributed by atoms with Gasteiger partial charge in [0, 0.05) is 12.8 Å². The van der Waals surface area contributed by atoms with Crippen molar-refractivity contribution in [3.05, 3.63) is 0 Å². The van der Waals surface area contributed by atoms with Crippen LogP contribution in [0.2, 0.25) is 0 Å². The predicted molar refractivity (Wildman–Crippen MR) is 243 cm³/mol. The quantitative estimate of drug-likeness (QED) is 0.0738. The maximum Gasteiger partial charge on any atom is 0.403 e. The van der Waals surface area contributed by atoms with Gasteiger partial charge in [0.05, 0.1) is 41.5 Å². The van der Waals surface area contributed by atoms with Gasteiger partial charge in [0.2, 0.25) is 6.10 Å². The van der Waals surface area contributed by atoms with Gasteiger partial charge < -0.3 is 28.8 Å². The molecule has 11 fully saturated rings. The molecule has 0 aromatic heterocycles. The fourth-order valence-corrected chi connectivity index (χ4v) is 17.4. The van der Waals surface area contributed by atoms with Gasteiger partial charge in [-0.2, -0.15) is 17.2 Å². The predicted octanol–water partition coefficient (Wildman–Crippen LogP) is 8.24. The number of alkyl halides is 2. The van der Waals surface area contributed by atoms with Crippen molar-refractivity contribution < 1.29 is 74.1 Å². The molecule has 11 rings (SSSR count). The number of halogens is 2. The first-order valence-corrected chi connectivity index (χ1v) is 27.4. The van der Waals surface area contributed by atoms with E-state index in [1.165, 1.54) is 20.3 Å². The summed E-state index contributed by atoms with van der Waals surface area (Å²) < 4.78 is 87.3. The second kappa shape index (κ2) is 17.6. The fraction of sp³-hybridized carbons (Fsp3) is 0.904. The van der Waals surface area contributed by atoms with Gasteiger partial charge in [0.25, 0.3) is 0 Å². The Morgan fingerprint density at radius 1 is 0.797 bits per heavy atom. The summed E-state index contributed by atoms with van der Waals surface area (Å²) in [5, 5.41) is 7.06. The molecule has 0 amide bonds. The Morgan fingerprint density at radius 3 is 1.96 bits per heavy atom. The van der Waals surface area contributed by atoms with Gasteiger partial charge in [-0.3, -0.25) is 23.4 Å². The van der Waals surface area contributed by atoms with E-state index in [0.29, 0.717) is 68.8 Å². The van der Waals surface area contributed by atoms with E-state index in [9.17, 15) is 31.9 Å². The molecule has 0 aromatic carbocycles. The van der Waals surface area contributed by atoms with Crippen molar-refractivity contribution in [3.8, 4) is 0 Å². The number of carbonyl (C=O) groups excluding carboxylic acids is 5. The molecule has 1 saturated heterocycles. The number of hydrogen-bond acceptors (Lipinski definition) is 14. The lowest BCUT2D eigenvalue weighted by Gasteiger charge is -2.59. The SMILES string of the molecule is COS(=O)(=O)C(F)(F)COC(=O)C(C)(C)CC(CC(C)(CC(C)(CC1C2CCC(C2)C1C)C(=O)OC1(C)C2CC3CC(C2)CC1C3)C(=O)OC1CCOC1=O)C(=O)OC12CC3CC(CC(O)(C3)C1)C2. The molecule has 1 aliphatic heterocycles. The van der Waals surface area contributed by atoms with E-state index in [2.05, 4.69) is 18.0 Å². The van der Waals surface area contributed by atoms with Gasteiger partial charge in [-0.25, -0.2) is 4.79 Å². The Labute approximate surface area is 406 Å². The number of fused-ring (bicyclic) bond motifs is 2. The summed E-state index contributed by atoms with van der Waals surface area (Å²) in [6, 6.07) is 0. The van der Waals surface area contributed by atoms with Crippen LogP contribution in [0, 0.1) is 81.3 Å². The lowest BCUT2D eigenvalue weighted by molar-refractivity contribution is -0.223. The molecule has 17 heteroatoms. The summed E-state index contributed by atoms with van der Waals surface area (Å²) >= 11 is 0. The van der Waals surface area contributed by atoms with Gasteiger partial charge in [0.15, 0.2) is 6.61 Å². The van der Waals surface area contributed by atoms with Gasteiger partial charge in [-0.05, 0) is 203 Å². The van der Waals surface area contributed by atoms with E-state index in [0.717, 1.165) is 51.4 Å². The highest BCUT2D eigenvalue weighted by atomic mass is 32.2. The monoisotopic (exact) mass is 994 g/mol. The topological polar surface area (TPSA) is 195 Å². The number of rotatable bonds is 19. The molecule has 10 saturated carbocycles. The van der Waals surface area contributed by atoms with Crippen LogP contribution >= 0.6 is 0 Å². The van der Waals surface area contributed by atoms with Crippen LogP contribution in [-0.2, 0) is 62.0 Å². The Hall–Kier alpha value is -2.92. The minimum absolute atomic E-state index is 0.0364. The van der Waals surface area contributed by atoms with E-state index < -0.39 is 103 Å². The van der Waals surface area contributed by atoms with Crippen LogP contribution in [0.3, 0.4) is 0 Å². The average molecular weight is 995 g/mol. The maximum atomic E-state index is 15.6. The second-order valence-corrected chi connectivity index (χ2v) is 27.5. The molecule has 1 heterocycles. The summed E-state index contributed by atoms with van der Waals surface area (Å²) in [6.45, 7) is 8.75. The Bertz CT molecular complexity index is 2130. The normalized spacial score (nSPS) is 40.7. The number of carbonyl (C=O) groups is 5. The molecular formula is C52H76F2O14S. The Kier molecular flexibility index (Phi) is 13.0. The first kappa shape index (κ1) is 51.0. The highest BCUT2D eigenvalue weighted by Gasteiger charge is 2.62. The summed E-state index contributed by atoms with van der Waals surface area (Å²) in [5.74, 6) is -2.04. The molecule has 1 N–H and O–H groups in total. The van der Waals surface area contributed by atoms with E-state index in [1.807, 2.05) is 6.92 Å². The first-order chi connectivity index (χ1) is 32.1. The van der Waals surface area contributed by atoms with Gasteiger partial charge in [-0.1, -0.05) is 6.92 Å². The lowest BCUT2D eigenvalue weighted by Crippen LogP contribution is -2.60. The van der Waals surface area contributed by atoms with Crippen LogP contribution in [0.25, 0.3) is 0 Å². The van der Waals surface area contributed by atoms with Gasteiger partial charge >= 0.3 is 45.2 Å².